The first-order valence-corrected chi connectivity index (χ1v) is 9.35. The molecule has 1 unspecified atom stereocenters. The fourth-order valence-corrected chi connectivity index (χ4v) is 3.72. The minimum absolute atomic E-state index is 0.159. The summed E-state index contributed by atoms with van der Waals surface area (Å²) in [5, 5.41) is 12.9. The summed E-state index contributed by atoms with van der Waals surface area (Å²) in [5.74, 6) is 0.908. The molecule has 4 rings (SSSR count). The van der Waals surface area contributed by atoms with Crippen LogP contribution in [-0.4, -0.2) is 53.1 Å². The minimum atomic E-state index is -0.159. The van der Waals surface area contributed by atoms with Crippen molar-refractivity contribution in [1.29, 1.82) is 0 Å². The van der Waals surface area contributed by atoms with E-state index in [1.54, 1.807) is 18.0 Å². The third-order valence-electron chi connectivity index (χ3n) is 5.18. The molecule has 1 aliphatic heterocycles. The Bertz CT molecular complexity index is 970. The molecule has 0 spiro atoms. The summed E-state index contributed by atoms with van der Waals surface area (Å²) >= 11 is 0. The molecular formula is C20H23N5O3. The summed E-state index contributed by atoms with van der Waals surface area (Å²) in [5.41, 5.74) is 3.52. The fraction of sp³-hybridized carbons (Fsp3) is 0.400. The van der Waals surface area contributed by atoms with Gasteiger partial charge in [0.1, 0.15) is 12.1 Å². The Kier molecular flexibility index (Phi) is 5.10. The molecule has 28 heavy (non-hydrogen) atoms. The van der Waals surface area contributed by atoms with E-state index in [2.05, 4.69) is 20.2 Å². The van der Waals surface area contributed by atoms with Crippen molar-refractivity contribution in [3.05, 3.63) is 36.7 Å². The minimum Gasteiger partial charge on any atom is -0.497 e. The SMILES string of the molecule is COC(=O)CC1CCCN(c2cc(-c3ccc(OC)cc3)nn3cnnc23)C1. The number of hydrogen-bond donors (Lipinski definition) is 0. The molecule has 3 heterocycles. The molecule has 8 nitrogen and oxygen atoms in total. The number of aromatic nitrogens is 4. The summed E-state index contributed by atoms with van der Waals surface area (Å²) < 4.78 is 11.8. The van der Waals surface area contributed by atoms with E-state index in [9.17, 15) is 4.79 Å². The number of piperidine rings is 1. The van der Waals surface area contributed by atoms with Crippen LogP contribution in [0, 0.1) is 5.92 Å². The summed E-state index contributed by atoms with van der Waals surface area (Å²) in [6, 6.07) is 9.85. The van der Waals surface area contributed by atoms with Gasteiger partial charge in [-0.2, -0.15) is 9.61 Å². The van der Waals surface area contributed by atoms with Crippen LogP contribution in [0.4, 0.5) is 5.69 Å². The number of benzene rings is 1. The van der Waals surface area contributed by atoms with E-state index < -0.39 is 0 Å². The predicted octanol–water partition coefficient (Wildman–Crippen LogP) is 2.58. The number of hydrogen-bond acceptors (Lipinski definition) is 7. The van der Waals surface area contributed by atoms with Crippen molar-refractivity contribution < 1.29 is 14.3 Å². The molecule has 0 aliphatic carbocycles. The van der Waals surface area contributed by atoms with E-state index in [1.165, 1.54) is 7.11 Å². The lowest BCUT2D eigenvalue weighted by Gasteiger charge is -2.34. The predicted molar refractivity (Wildman–Crippen MR) is 104 cm³/mol. The number of nitrogens with zero attached hydrogens (tertiary/aromatic N) is 5. The van der Waals surface area contributed by atoms with Gasteiger partial charge >= 0.3 is 5.97 Å². The van der Waals surface area contributed by atoms with E-state index in [4.69, 9.17) is 9.47 Å². The second-order valence-electron chi connectivity index (χ2n) is 6.98. The van der Waals surface area contributed by atoms with Crippen molar-refractivity contribution >= 4 is 17.3 Å². The Morgan fingerprint density at radius 1 is 1.25 bits per heavy atom. The molecule has 1 atom stereocenters. The van der Waals surface area contributed by atoms with Crippen molar-refractivity contribution in [3.8, 4) is 17.0 Å². The monoisotopic (exact) mass is 381 g/mol. The Balaban J connectivity index is 1.67. The molecule has 1 aromatic carbocycles. The normalized spacial score (nSPS) is 16.9. The van der Waals surface area contributed by atoms with E-state index in [-0.39, 0.29) is 11.9 Å². The lowest BCUT2D eigenvalue weighted by atomic mass is 9.94. The summed E-state index contributed by atoms with van der Waals surface area (Å²) in [6.07, 6.45) is 4.08. The highest BCUT2D eigenvalue weighted by Gasteiger charge is 2.25. The van der Waals surface area contributed by atoms with Crippen LogP contribution < -0.4 is 9.64 Å². The second kappa shape index (κ2) is 7.84. The molecule has 0 saturated carbocycles. The third-order valence-corrected chi connectivity index (χ3v) is 5.18. The van der Waals surface area contributed by atoms with Crippen molar-refractivity contribution in [1.82, 2.24) is 19.8 Å². The zero-order valence-electron chi connectivity index (χ0n) is 16.0. The number of carbonyl (C=O) groups is 1. The highest BCUT2D eigenvalue weighted by atomic mass is 16.5. The first-order valence-electron chi connectivity index (χ1n) is 9.35. The van der Waals surface area contributed by atoms with Gasteiger partial charge in [0.15, 0.2) is 0 Å². The molecule has 3 aromatic rings. The average molecular weight is 381 g/mol. The Labute approximate surface area is 163 Å². The summed E-state index contributed by atoms with van der Waals surface area (Å²) in [7, 11) is 3.09. The molecule has 0 amide bonds. The summed E-state index contributed by atoms with van der Waals surface area (Å²) in [6.45, 7) is 1.69. The maximum Gasteiger partial charge on any atom is 0.305 e. The van der Waals surface area contributed by atoms with Gasteiger partial charge in [0.05, 0.1) is 25.6 Å². The van der Waals surface area contributed by atoms with Crippen molar-refractivity contribution in [2.45, 2.75) is 19.3 Å². The second-order valence-corrected chi connectivity index (χ2v) is 6.98. The van der Waals surface area contributed by atoms with Gasteiger partial charge in [0.25, 0.3) is 0 Å². The van der Waals surface area contributed by atoms with Gasteiger partial charge in [-0.15, -0.1) is 10.2 Å². The lowest BCUT2D eigenvalue weighted by Crippen LogP contribution is -2.36. The number of methoxy groups -OCH3 is 2. The van der Waals surface area contributed by atoms with Crippen LogP contribution >= 0.6 is 0 Å². The molecule has 1 aliphatic rings. The largest absolute Gasteiger partial charge is 0.497 e. The van der Waals surface area contributed by atoms with E-state index >= 15 is 0 Å². The molecule has 0 radical (unpaired) electrons. The van der Waals surface area contributed by atoms with E-state index in [1.807, 2.05) is 30.3 Å². The number of fused-ring (bicyclic) bond motifs is 1. The van der Waals surface area contributed by atoms with Crippen LogP contribution in [0.25, 0.3) is 16.9 Å². The zero-order chi connectivity index (χ0) is 19.5. The van der Waals surface area contributed by atoms with Crippen molar-refractivity contribution in [2.24, 2.45) is 5.92 Å². The molecule has 146 valence electrons. The van der Waals surface area contributed by atoms with Gasteiger partial charge in [-0.25, -0.2) is 0 Å². The van der Waals surface area contributed by atoms with Crippen LogP contribution in [0.5, 0.6) is 5.75 Å². The molecule has 0 N–H and O–H groups in total. The molecule has 8 heteroatoms. The number of carbonyl (C=O) groups excluding carboxylic acids is 1. The number of anilines is 1. The molecular weight excluding hydrogens is 358 g/mol. The first-order chi connectivity index (χ1) is 13.7. The van der Waals surface area contributed by atoms with Gasteiger partial charge in [-0.3, -0.25) is 4.79 Å². The van der Waals surface area contributed by atoms with Gasteiger partial charge in [0.2, 0.25) is 5.65 Å². The van der Waals surface area contributed by atoms with Crippen LogP contribution in [-0.2, 0) is 9.53 Å². The molecule has 1 saturated heterocycles. The third kappa shape index (κ3) is 3.62. The zero-order valence-corrected chi connectivity index (χ0v) is 16.0. The Morgan fingerprint density at radius 3 is 2.82 bits per heavy atom. The van der Waals surface area contributed by atoms with Gasteiger partial charge in [-0.1, -0.05) is 0 Å². The fourth-order valence-electron chi connectivity index (χ4n) is 3.72. The first kappa shape index (κ1) is 18.2. The maximum absolute atomic E-state index is 11.7. The quantitative estimate of drug-likeness (QED) is 0.628. The van der Waals surface area contributed by atoms with Crippen molar-refractivity contribution in [3.63, 3.8) is 0 Å². The van der Waals surface area contributed by atoms with Crippen LogP contribution in [0.2, 0.25) is 0 Å². The highest BCUT2D eigenvalue weighted by Crippen LogP contribution is 2.31. The Hall–Kier alpha value is -3.16. The lowest BCUT2D eigenvalue weighted by molar-refractivity contribution is -0.141. The average Bonchev–Trinajstić information content (AvgIpc) is 3.22. The number of esters is 1. The van der Waals surface area contributed by atoms with Crippen molar-refractivity contribution in [2.75, 3.05) is 32.2 Å². The number of ether oxygens (including phenoxy) is 2. The maximum atomic E-state index is 11.7. The highest BCUT2D eigenvalue weighted by molar-refractivity contribution is 5.75. The number of rotatable bonds is 5. The molecule has 0 bridgehead atoms. The van der Waals surface area contributed by atoms with Crippen LogP contribution in [0.15, 0.2) is 36.7 Å². The topological polar surface area (TPSA) is 81.8 Å². The smallest absolute Gasteiger partial charge is 0.305 e. The summed E-state index contributed by atoms with van der Waals surface area (Å²) in [4.78, 5) is 14.0. The van der Waals surface area contributed by atoms with Gasteiger partial charge in [0, 0.05) is 25.1 Å². The standard InChI is InChI=1S/C20H23N5O3/c1-27-16-7-5-15(6-8-16)17-11-18(20-22-21-13-25(20)23-17)24-9-3-4-14(12-24)10-19(26)28-2/h5-8,11,13-14H,3-4,9-10,12H2,1-2H3. The van der Waals surface area contributed by atoms with Crippen LogP contribution in [0.3, 0.4) is 0 Å². The van der Waals surface area contributed by atoms with Gasteiger partial charge < -0.3 is 14.4 Å². The van der Waals surface area contributed by atoms with E-state index in [0.29, 0.717) is 6.42 Å². The molecule has 1 fully saturated rings. The van der Waals surface area contributed by atoms with E-state index in [0.717, 1.165) is 54.3 Å². The van der Waals surface area contributed by atoms with Crippen LogP contribution in [0.1, 0.15) is 19.3 Å². The molecule has 2 aromatic heterocycles. The Morgan fingerprint density at radius 2 is 2.07 bits per heavy atom. The van der Waals surface area contributed by atoms with Gasteiger partial charge in [-0.05, 0) is 49.1 Å².